The van der Waals surface area contributed by atoms with Gasteiger partial charge in [0.2, 0.25) is 10.0 Å². The highest BCUT2D eigenvalue weighted by Gasteiger charge is 2.29. The molecule has 2 aromatic rings. The van der Waals surface area contributed by atoms with Gasteiger partial charge in [0, 0.05) is 24.7 Å². The lowest BCUT2D eigenvalue weighted by Crippen LogP contribution is -2.36. The number of piperidine rings is 1. The molecule has 0 bridgehead atoms. The number of anilines is 1. The highest BCUT2D eigenvalue weighted by molar-refractivity contribution is 7.89. The van der Waals surface area contributed by atoms with Crippen LogP contribution in [0.4, 0.5) is 5.69 Å². The minimum atomic E-state index is -3.73. The number of ether oxygens (including phenoxy) is 1. The lowest BCUT2D eigenvalue weighted by molar-refractivity contribution is 0.102. The zero-order chi connectivity index (χ0) is 20.3. The second-order valence-electron chi connectivity index (χ2n) is 7.03. The first-order valence-electron chi connectivity index (χ1n) is 9.40. The van der Waals surface area contributed by atoms with Crippen molar-refractivity contribution >= 4 is 21.6 Å². The minimum Gasteiger partial charge on any atom is -0.497 e. The molecule has 1 N–H and O–H groups in total. The molecule has 3 rings (SSSR count). The van der Waals surface area contributed by atoms with Crippen molar-refractivity contribution < 1.29 is 17.9 Å². The number of carbonyl (C=O) groups is 1. The Morgan fingerprint density at radius 1 is 1.07 bits per heavy atom. The van der Waals surface area contributed by atoms with Crippen LogP contribution < -0.4 is 10.1 Å². The molecule has 1 aliphatic heterocycles. The molecular formula is C21H26N2O4S. The summed E-state index contributed by atoms with van der Waals surface area (Å²) in [6.45, 7) is 4.79. The molecule has 150 valence electrons. The Hall–Kier alpha value is -2.38. The Bertz CT molecular complexity index is 980. The standard InChI is InChI=1S/C21H26N2O4S/c1-15-8-7-9-18(16(15)2)21(24)22-19-11-10-17(27-3)14-20(19)28(25,26)23-12-5-4-6-13-23/h7-11,14H,4-6,12-13H2,1-3H3,(H,22,24). The maximum Gasteiger partial charge on any atom is 0.255 e. The first-order valence-corrected chi connectivity index (χ1v) is 10.8. The average Bonchev–Trinajstić information content (AvgIpc) is 2.70. The van der Waals surface area contributed by atoms with Crippen LogP contribution in [0.15, 0.2) is 41.3 Å². The molecule has 0 atom stereocenters. The van der Waals surface area contributed by atoms with Crippen LogP contribution >= 0.6 is 0 Å². The fraction of sp³-hybridized carbons (Fsp3) is 0.381. The number of sulfonamides is 1. The third-order valence-electron chi connectivity index (χ3n) is 5.22. The van der Waals surface area contributed by atoms with Gasteiger partial charge in [0.15, 0.2) is 0 Å². The van der Waals surface area contributed by atoms with Crippen LogP contribution in [0, 0.1) is 13.8 Å². The number of nitrogens with zero attached hydrogens (tertiary/aromatic N) is 1. The largest absolute Gasteiger partial charge is 0.497 e. The highest BCUT2D eigenvalue weighted by atomic mass is 32.2. The van der Waals surface area contributed by atoms with E-state index in [0.29, 0.717) is 24.4 Å². The fourth-order valence-corrected chi connectivity index (χ4v) is 5.06. The zero-order valence-electron chi connectivity index (χ0n) is 16.5. The first-order chi connectivity index (χ1) is 13.3. The third kappa shape index (κ3) is 4.05. The molecule has 0 spiro atoms. The van der Waals surface area contributed by atoms with Crippen molar-refractivity contribution in [2.45, 2.75) is 38.0 Å². The van der Waals surface area contributed by atoms with Crippen LogP contribution in [0.2, 0.25) is 0 Å². The van der Waals surface area contributed by atoms with Gasteiger partial charge in [0.1, 0.15) is 10.6 Å². The zero-order valence-corrected chi connectivity index (χ0v) is 17.3. The molecular weight excluding hydrogens is 376 g/mol. The van der Waals surface area contributed by atoms with Gasteiger partial charge in [0.05, 0.1) is 12.8 Å². The van der Waals surface area contributed by atoms with E-state index in [-0.39, 0.29) is 16.5 Å². The smallest absolute Gasteiger partial charge is 0.255 e. The van der Waals surface area contributed by atoms with Crippen LogP contribution in [0.1, 0.15) is 40.7 Å². The van der Waals surface area contributed by atoms with Crippen molar-refractivity contribution in [2.75, 3.05) is 25.5 Å². The van der Waals surface area contributed by atoms with Gasteiger partial charge in [0.25, 0.3) is 5.91 Å². The fourth-order valence-electron chi connectivity index (χ4n) is 3.38. The summed E-state index contributed by atoms with van der Waals surface area (Å²) in [7, 11) is -2.25. The van der Waals surface area contributed by atoms with Crippen LogP contribution in [0.5, 0.6) is 5.75 Å². The third-order valence-corrected chi connectivity index (χ3v) is 7.16. The number of benzene rings is 2. The van der Waals surface area contributed by atoms with E-state index in [1.54, 1.807) is 18.2 Å². The predicted octanol–water partition coefficient (Wildman–Crippen LogP) is 3.74. The number of aryl methyl sites for hydroxylation is 1. The van der Waals surface area contributed by atoms with Crippen molar-refractivity contribution in [1.82, 2.24) is 4.31 Å². The van der Waals surface area contributed by atoms with Gasteiger partial charge in [-0.1, -0.05) is 18.6 Å². The summed E-state index contributed by atoms with van der Waals surface area (Å²) >= 11 is 0. The van der Waals surface area contributed by atoms with Crippen molar-refractivity contribution in [3.8, 4) is 5.75 Å². The maximum absolute atomic E-state index is 13.2. The van der Waals surface area contributed by atoms with E-state index < -0.39 is 10.0 Å². The van der Waals surface area contributed by atoms with E-state index in [9.17, 15) is 13.2 Å². The molecule has 2 aromatic carbocycles. The van der Waals surface area contributed by atoms with E-state index in [2.05, 4.69) is 5.32 Å². The van der Waals surface area contributed by atoms with Gasteiger partial charge >= 0.3 is 0 Å². The number of hydrogen-bond acceptors (Lipinski definition) is 4. The molecule has 0 unspecified atom stereocenters. The summed E-state index contributed by atoms with van der Waals surface area (Å²) in [5, 5.41) is 2.79. The Kier molecular flexibility index (Phi) is 6.05. The molecule has 0 radical (unpaired) electrons. The summed E-state index contributed by atoms with van der Waals surface area (Å²) in [5.41, 5.74) is 2.66. The van der Waals surface area contributed by atoms with Crippen LogP contribution in [-0.4, -0.2) is 38.8 Å². The summed E-state index contributed by atoms with van der Waals surface area (Å²) in [4.78, 5) is 12.9. The van der Waals surface area contributed by atoms with E-state index in [4.69, 9.17) is 4.74 Å². The molecule has 1 saturated heterocycles. The SMILES string of the molecule is COc1ccc(NC(=O)c2cccc(C)c2C)c(S(=O)(=O)N2CCCCC2)c1. The number of amides is 1. The predicted molar refractivity (Wildman–Crippen MR) is 109 cm³/mol. The number of nitrogens with one attached hydrogen (secondary N) is 1. The summed E-state index contributed by atoms with van der Waals surface area (Å²) in [5.74, 6) is 0.0989. The minimum absolute atomic E-state index is 0.0624. The Labute approximate surface area is 166 Å². The number of methoxy groups -OCH3 is 1. The molecule has 1 heterocycles. The maximum atomic E-state index is 13.2. The number of carbonyl (C=O) groups excluding carboxylic acids is 1. The van der Waals surface area contributed by atoms with Gasteiger partial charge in [-0.25, -0.2) is 8.42 Å². The molecule has 1 aliphatic rings. The monoisotopic (exact) mass is 402 g/mol. The topological polar surface area (TPSA) is 75.7 Å². The molecule has 0 aromatic heterocycles. The second-order valence-corrected chi connectivity index (χ2v) is 8.93. The summed E-state index contributed by atoms with van der Waals surface area (Å²) in [6.07, 6.45) is 2.71. The van der Waals surface area contributed by atoms with Crippen molar-refractivity contribution in [3.63, 3.8) is 0 Å². The van der Waals surface area contributed by atoms with Gasteiger partial charge in [-0.05, 0) is 56.0 Å². The normalized spacial score (nSPS) is 15.2. The Balaban J connectivity index is 1.99. The van der Waals surface area contributed by atoms with E-state index in [1.165, 1.54) is 17.5 Å². The molecule has 0 aliphatic carbocycles. The van der Waals surface area contributed by atoms with Crippen molar-refractivity contribution in [1.29, 1.82) is 0 Å². The van der Waals surface area contributed by atoms with E-state index >= 15 is 0 Å². The summed E-state index contributed by atoms with van der Waals surface area (Å²) < 4.78 is 33.2. The molecule has 7 heteroatoms. The number of rotatable bonds is 5. The highest BCUT2D eigenvalue weighted by Crippen LogP contribution is 2.31. The van der Waals surface area contributed by atoms with Crippen LogP contribution in [0.25, 0.3) is 0 Å². The second kappa shape index (κ2) is 8.32. The molecule has 28 heavy (non-hydrogen) atoms. The van der Waals surface area contributed by atoms with Gasteiger partial charge < -0.3 is 10.1 Å². The Morgan fingerprint density at radius 3 is 2.46 bits per heavy atom. The lowest BCUT2D eigenvalue weighted by Gasteiger charge is -2.27. The van der Waals surface area contributed by atoms with Crippen molar-refractivity contribution in [3.05, 3.63) is 53.1 Å². The average molecular weight is 403 g/mol. The lowest BCUT2D eigenvalue weighted by atomic mass is 10.0. The van der Waals surface area contributed by atoms with Gasteiger partial charge in [-0.15, -0.1) is 0 Å². The molecule has 1 amide bonds. The van der Waals surface area contributed by atoms with E-state index in [1.807, 2.05) is 26.0 Å². The molecule has 0 saturated carbocycles. The van der Waals surface area contributed by atoms with Crippen LogP contribution in [-0.2, 0) is 10.0 Å². The number of hydrogen-bond donors (Lipinski definition) is 1. The van der Waals surface area contributed by atoms with Crippen LogP contribution in [0.3, 0.4) is 0 Å². The first kappa shape index (κ1) is 20.4. The van der Waals surface area contributed by atoms with Gasteiger partial charge in [-0.3, -0.25) is 4.79 Å². The van der Waals surface area contributed by atoms with Gasteiger partial charge in [-0.2, -0.15) is 4.31 Å². The molecule has 6 nitrogen and oxygen atoms in total. The molecule has 1 fully saturated rings. The van der Waals surface area contributed by atoms with Crippen molar-refractivity contribution in [2.24, 2.45) is 0 Å². The summed E-state index contributed by atoms with van der Waals surface area (Å²) in [6, 6.07) is 10.2. The van der Waals surface area contributed by atoms with E-state index in [0.717, 1.165) is 30.4 Å². The Morgan fingerprint density at radius 2 is 1.79 bits per heavy atom. The quantitative estimate of drug-likeness (QED) is 0.827.